The lowest BCUT2D eigenvalue weighted by Crippen LogP contribution is -2.09. The van der Waals surface area contributed by atoms with Crippen LogP contribution >= 0.6 is 11.8 Å². The minimum Gasteiger partial charge on any atom is -0.298 e. The second kappa shape index (κ2) is 6.02. The molecule has 0 N–H and O–H groups in total. The minimum atomic E-state index is -0.263. The van der Waals surface area contributed by atoms with Crippen LogP contribution in [0.1, 0.15) is 11.4 Å². The summed E-state index contributed by atoms with van der Waals surface area (Å²) in [4.78, 5) is 12.8. The van der Waals surface area contributed by atoms with E-state index in [-0.39, 0.29) is 11.6 Å². The molecule has 0 saturated carbocycles. The molecule has 100 valence electrons. The normalized spacial score (nSPS) is 10.7. The monoisotopic (exact) mass is 278 g/mol. The molecule has 5 heteroatoms. The maximum Gasteiger partial charge on any atom is 0.149 e. The molecule has 0 aliphatic heterocycles. The Morgan fingerprint density at radius 2 is 2.05 bits per heavy atom. The summed E-state index contributed by atoms with van der Waals surface area (Å²) >= 11 is 1.42. The van der Waals surface area contributed by atoms with Gasteiger partial charge >= 0.3 is 0 Å². The number of hydrogen-bond acceptors (Lipinski definition) is 3. The van der Waals surface area contributed by atoms with Crippen LogP contribution in [0, 0.1) is 12.7 Å². The van der Waals surface area contributed by atoms with Gasteiger partial charge in [0.25, 0.3) is 0 Å². The first-order valence-corrected chi connectivity index (χ1v) is 6.93. The van der Waals surface area contributed by atoms with E-state index >= 15 is 0 Å². The number of hydrogen-bond donors (Lipinski definition) is 0. The van der Waals surface area contributed by atoms with Crippen molar-refractivity contribution in [1.29, 1.82) is 0 Å². The first kappa shape index (κ1) is 13.8. The Kier molecular flexibility index (Phi) is 4.37. The lowest BCUT2D eigenvalue weighted by molar-refractivity contribution is -0.116. The highest BCUT2D eigenvalue weighted by atomic mass is 32.2. The molecule has 0 unspecified atom stereocenters. The van der Waals surface area contributed by atoms with Crippen LogP contribution in [0.4, 0.5) is 4.39 Å². The highest BCUT2D eigenvalue weighted by Gasteiger charge is 2.09. The fourth-order valence-corrected chi connectivity index (χ4v) is 2.54. The van der Waals surface area contributed by atoms with Crippen molar-refractivity contribution in [3.05, 3.63) is 47.5 Å². The molecule has 0 spiro atoms. The zero-order valence-electron chi connectivity index (χ0n) is 10.9. The van der Waals surface area contributed by atoms with Gasteiger partial charge in [0, 0.05) is 24.1 Å². The number of rotatable bonds is 5. The van der Waals surface area contributed by atoms with Crippen LogP contribution in [-0.2, 0) is 18.3 Å². The smallest absolute Gasteiger partial charge is 0.149 e. The Morgan fingerprint density at radius 1 is 1.37 bits per heavy atom. The van der Waals surface area contributed by atoms with Gasteiger partial charge in [-0.2, -0.15) is 5.10 Å². The molecular weight excluding hydrogens is 263 g/mol. The van der Waals surface area contributed by atoms with E-state index in [1.807, 2.05) is 20.0 Å². The third kappa shape index (κ3) is 3.92. The third-order valence-corrected chi connectivity index (χ3v) is 3.76. The van der Waals surface area contributed by atoms with Crippen molar-refractivity contribution in [3.8, 4) is 0 Å². The van der Waals surface area contributed by atoms with Gasteiger partial charge in [0.2, 0.25) is 0 Å². The lowest BCUT2D eigenvalue weighted by atomic mass is 10.2. The summed E-state index contributed by atoms with van der Waals surface area (Å²) in [6.45, 7) is 1.90. The summed E-state index contributed by atoms with van der Waals surface area (Å²) in [6, 6.07) is 8.08. The van der Waals surface area contributed by atoms with Crippen molar-refractivity contribution in [2.75, 3.05) is 5.75 Å². The minimum absolute atomic E-state index is 0.136. The van der Waals surface area contributed by atoms with E-state index in [0.717, 1.165) is 16.3 Å². The Bertz CT molecular complexity index is 578. The number of thioether (sulfide) groups is 1. The molecule has 0 bridgehead atoms. The largest absolute Gasteiger partial charge is 0.298 e. The van der Waals surface area contributed by atoms with Gasteiger partial charge in [-0.3, -0.25) is 9.48 Å². The summed E-state index contributed by atoms with van der Waals surface area (Å²) in [5.41, 5.74) is 1.83. The Labute approximate surface area is 115 Å². The van der Waals surface area contributed by atoms with Crippen molar-refractivity contribution in [2.45, 2.75) is 18.2 Å². The van der Waals surface area contributed by atoms with Gasteiger partial charge in [-0.15, -0.1) is 11.8 Å². The fraction of sp³-hybridized carbons (Fsp3) is 0.286. The second-order valence-electron chi connectivity index (χ2n) is 4.36. The molecule has 0 amide bonds. The molecule has 2 aromatic rings. The fourth-order valence-electron chi connectivity index (χ4n) is 1.78. The zero-order valence-corrected chi connectivity index (χ0v) is 11.7. The molecule has 0 aliphatic rings. The lowest BCUT2D eigenvalue weighted by Gasteiger charge is -2.02. The van der Waals surface area contributed by atoms with E-state index in [2.05, 4.69) is 5.10 Å². The Balaban J connectivity index is 1.88. The quantitative estimate of drug-likeness (QED) is 0.789. The number of Topliss-reactive ketones (excluding diaryl/α,β-unsaturated/α-hetero) is 1. The van der Waals surface area contributed by atoms with Crippen LogP contribution < -0.4 is 0 Å². The van der Waals surface area contributed by atoms with E-state index in [1.165, 1.54) is 23.9 Å². The summed E-state index contributed by atoms with van der Waals surface area (Å²) in [7, 11) is 1.84. The summed E-state index contributed by atoms with van der Waals surface area (Å²) < 4.78 is 14.5. The molecule has 0 atom stereocenters. The predicted octanol–water partition coefficient (Wildman–Crippen LogP) is 2.77. The van der Waals surface area contributed by atoms with Crippen LogP contribution in [0.25, 0.3) is 0 Å². The maximum atomic E-state index is 12.7. The Hall–Kier alpha value is -1.62. The number of benzene rings is 1. The summed E-state index contributed by atoms with van der Waals surface area (Å²) in [5.74, 6) is 0.258. The number of ketones is 1. The molecule has 0 aliphatic carbocycles. The predicted molar refractivity (Wildman–Crippen MR) is 73.8 cm³/mol. The topological polar surface area (TPSA) is 34.9 Å². The van der Waals surface area contributed by atoms with E-state index in [9.17, 15) is 9.18 Å². The van der Waals surface area contributed by atoms with E-state index < -0.39 is 0 Å². The highest BCUT2D eigenvalue weighted by molar-refractivity contribution is 8.00. The molecule has 1 aromatic heterocycles. The molecule has 0 fully saturated rings. The van der Waals surface area contributed by atoms with Gasteiger partial charge in [-0.25, -0.2) is 4.39 Å². The molecule has 0 saturated heterocycles. The summed E-state index contributed by atoms with van der Waals surface area (Å²) in [6.07, 6.45) is 0.380. The van der Waals surface area contributed by atoms with Crippen LogP contribution in [0.2, 0.25) is 0 Å². The van der Waals surface area contributed by atoms with Gasteiger partial charge in [0.05, 0.1) is 11.4 Å². The van der Waals surface area contributed by atoms with Crippen LogP contribution in [0.15, 0.2) is 35.2 Å². The van der Waals surface area contributed by atoms with E-state index in [4.69, 9.17) is 0 Å². The number of nitrogens with zero attached hydrogens (tertiary/aromatic N) is 2. The first-order valence-electron chi connectivity index (χ1n) is 5.94. The van der Waals surface area contributed by atoms with Gasteiger partial charge in [0.1, 0.15) is 11.6 Å². The van der Waals surface area contributed by atoms with Crippen LogP contribution in [-0.4, -0.2) is 21.3 Å². The highest BCUT2D eigenvalue weighted by Crippen LogP contribution is 2.18. The summed E-state index contributed by atoms with van der Waals surface area (Å²) in [5, 5.41) is 4.21. The number of carbonyl (C=O) groups excluding carboxylic acids is 1. The molecule has 1 heterocycles. The van der Waals surface area contributed by atoms with Crippen molar-refractivity contribution in [2.24, 2.45) is 7.05 Å². The first-order chi connectivity index (χ1) is 9.04. The number of aryl methyl sites for hydroxylation is 2. The number of aromatic nitrogens is 2. The van der Waals surface area contributed by atoms with Gasteiger partial charge in [0.15, 0.2) is 0 Å². The van der Waals surface area contributed by atoms with Gasteiger partial charge < -0.3 is 0 Å². The maximum absolute atomic E-state index is 12.7. The van der Waals surface area contributed by atoms with E-state index in [1.54, 1.807) is 16.8 Å². The second-order valence-corrected chi connectivity index (χ2v) is 5.41. The zero-order chi connectivity index (χ0) is 13.8. The van der Waals surface area contributed by atoms with Crippen molar-refractivity contribution >= 4 is 17.5 Å². The molecule has 2 rings (SSSR count). The van der Waals surface area contributed by atoms with Crippen molar-refractivity contribution < 1.29 is 9.18 Å². The average Bonchev–Trinajstić information content (AvgIpc) is 2.67. The molecule has 19 heavy (non-hydrogen) atoms. The van der Waals surface area contributed by atoms with E-state index in [0.29, 0.717) is 12.2 Å². The number of carbonyl (C=O) groups is 1. The van der Waals surface area contributed by atoms with Crippen LogP contribution in [0.3, 0.4) is 0 Å². The standard InChI is InChI=1S/C14H15FN2OS/c1-10-7-12(17(2)16-10)8-13(18)9-19-14-5-3-11(15)4-6-14/h3-7H,8-9H2,1-2H3. The molecular formula is C14H15FN2OS. The van der Waals surface area contributed by atoms with Crippen molar-refractivity contribution in [1.82, 2.24) is 9.78 Å². The van der Waals surface area contributed by atoms with Crippen LogP contribution in [0.5, 0.6) is 0 Å². The number of halogens is 1. The van der Waals surface area contributed by atoms with Crippen molar-refractivity contribution in [3.63, 3.8) is 0 Å². The molecule has 0 radical (unpaired) electrons. The molecule has 1 aromatic carbocycles. The third-order valence-electron chi connectivity index (χ3n) is 2.69. The molecule has 3 nitrogen and oxygen atoms in total. The van der Waals surface area contributed by atoms with Gasteiger partial charge in [-0.05, 0) is 37.3 Å². The average molecular weight is 278 g/mol. The van der Waals surface area contributed by atoms with Gasteiger partial charge in [-0.1, -0.05) is 0 Å². The SMILES string of the molecule is Cc1cc(CC(=O)CSc2ccc(F)cc2)n(C)n1. The Morgan fingerprint density at radius 3 is 2.63 bits per heavy atom.